The molecule has 7 nitrogen and oxygen atoms in total. The smallest absolute Gasteiger partial charge is 0.325 e. The van der Waals surface area contributed by atoms with Crippen LogP contribution in [0.5, 0.6) is 0 Å². The van der Waals surface area contributed by atoms with E-state index >= 15 is 0 Å². The first-order chi connectivity index (χ1) is 14.5. The Kier molecular flexibility index (Phi) is 7.18. The maximum atomic E-state index is 14.4. The van der Waals surface area contributed by atoms with Gasteiger partial charge in [-0.05, 0) is 31.2 Å². The van der Waals surface area contributed by atoms with Crippen LogP contribution in [-0.4, -0.2) is 57.5 Å². The molecule has 0 radical (unpaired) electrons. The lowest BCUT2D eigenvalue weighted by atomic mass is 10.2. The van der Waals surface area contributed by atoms with Crippen LogP contribution in [0, 0.1) is 5.82 Å². The number of esters is 1. The number of nitrogens with zero attached hydrogens (tertiary/aromatic N) is 4. The number of carbonyl (C=O) groups is 2. The molecule has 0 atom stereocenters. The molecule has 0 N–H and O–H groups in total. The third-order valence-electron chi connectivity index (χ3n) is 4.18. The van der Waals surface area contributed by atoms with Gasteiger partial charge in [0.05, 0.1) is 17.9 Å². The zero-order chi connectivity index (χ0) is 21.5. The number of ether oxygens (including phenoxy) is 1. The molecule has 3 aromatic rings. The van der Waals surface area contributed by atoms with Gasteiger partial charge in [0, 0.05) is 12.7 Å². The number of hydrogen-bond acceptors (Lipinski definition) is 6. The van der Waals surface area contributed by atoms with Gasteiger partial charge in [-0.2, -0.15) is 0 Å². The molecule has 0 aliphatic rings. The van der Waals surface area contributed by atoms with E-state index in [0.29, 0.717) is 16.5 Å². The van der Waals surface area contributed by atoms with Crippen LogP contribution in [0.3, 0.4) is 0 Å². The van der Waals surface area contributed by atoms with Crippen molar-refractivity contribution in [2.24, 2.45) is 0 Å². The van der Waals surface area contributed by atoms with Crippen LogP contribution < -0.4 is 0 Å². The highest BCUT2D eigenvalue weighted by Gasteiger charge is 2.20. The van der Waals surface area contributed by atoms with Crippen molar-refractivity contribution in [2.45, 2.75) is 12.1 Å². The molecule has 0 saturated carbocycles. The Morgan fingerprint density at radius 2 is 1.80 bits per heavy atom. The average molecular weight is 428 g/mol. The van der Waals surface area contributed by atoms with Crippen LogP contribution >= 0.6 is 11.8 Å². The van der Waals surface area contributed by atoms with Crippen LogP contribution in [0.15, 0.2) is 59.8 Å². The van der Waals surface area contributed by atoms with Crippen molar-refractivity contribution in [2.75, 3.05) is 26.0 Å². The molecule has 0 aliphatic heterocycles. The van der Waals surface area contributed by atoms with Gasteiger partial charge in [-0.25, -0.2) is 4.39 Å². The third kappa shape index (κ3) is 5.04. The third-order valence-corrected chi connectivity index (χ3v) is 5.10. The van der Waals surface area contributed by atoms with E-state index in [-0.39, 0.29) is 24.8 Å². The molecule has 9 heteroatoms. The zero-order valence-corrected chi connectivity index (χ0v) is 17.4. The number of thioether (sulfide) groups is 1. The molecule has 30 heavy (non-hydrogen) atoms. The summed E-state index contributed by atoms with van der Waals surface area (Å²) in [5.74, 6) is -0.758. The second-order valence-electron chi connectivity index (χ2n) is 6.30. The van der Waals surface area contributed by atoms with Crippen molar-refractivity contribution >= 4 is 23.6 Å². The molecule has 0 saturated heterocycles. The molecule has 3 rings (SSSR count). The van der Waals surface area contributed by atoms with Crippen molar-refractivity contribution in [3.05, 3.63) is 60.4 Å². The Labute approximate surface area is 177 Å². The minimum Gasteiger partial charge on any atom is -0.465 e. The van der Waals surface area contributed by atoms with E-state index in [1.54, 1.807) is 29.7 Å². The maximum Gasteiger partial charge on any atom is 0.325 e. The van der Waals surface area contributed by atoms with E-state index in [1.165, 1.54) is 18.0 Å². The van der Waals surface area contributed by atoms with Gasteiger partial charge in [0.2, 0.25) is 5.91 Å². The molecule has 0 aliphatic carbocycles. The van der Waals surface area contributed by atoms with Gasteiger partial charge in [-0.15, -0.1) is 10.2 Å². The fraction of sp³-hybridized carbons (Fsp3) is 0.238. The van der Waals surface area contributed by atoms with E-state index < -0.39 is 11.8 Å². The lowest BCUT2D eigenvalue weighted by Crippen LogP contribution is -2.34. The summed E-state index contributed by atoms with van der Waals surface area (Å²) in [5.41, 5.74) is 1.06. The molecule has 0 unspecified atom stereocenters. The van der Waals surface area contributed by atoms with Crippen molar-refractivity contribution in [3.63, 3.8) is 0 Å². The molecule has 2 aromatic carbocycles. The van der Waals surface area contributed by atoms with Gasteiger partial charge < -0.3 is 9.64 Å². The Balaban J connectivity index is 1.84. The summed E-state index contributed by atoms with van der Waals surface area (Å²) in [7, 11) is 1.53. The summed E-state index contributed by atoms with van der Waals surface area (Å²) < 4.78 is 21.0. The minimum atomic E-state index is -0.465. The zero-order valence-electron chi connectivity index (χ0n) is 16.6. The van der Waals surface area contributed by atoms with Crippen LogP contribution in [0.4, 0.5) is 4.39 Å². The SMILES string of the molecule is CCOC(=O)CN(C)C(=O)CSc1nnc(-c2ccccc2F)n1-c1ccccc1. The second-order valence-corrected chi connectivity index (χ2v) is 7.24. The fourth-order valence-electron chi connectivity index (χ4n) is 2.72. The summed E-state index contributed by atoms with van der Waals surface area (Å²) in [5, 5.41) is 8.79. The lowest BCUT2D eigenvalue weighted by Gasteiger charge is -2.16. The first kappa shape index (κ1) is 21.5. The van der Waals surface area contributed by atoms with E-state index in [0.717, 1.165) is 17.4 Å². The van der Waals surface area contributed by atoms with Crippen LogP contribution in [0.2, 0.25) is 0 Å². The quantitative estimate of drug-likeness (QED) is 0.405. The van der Waals surface area contributed by atoms with E-state index in [1.807, 2.05) is 30.3 Å². The fourth-order valence-corrected chi connectivity index (χ4v) is 3.61. The normalized spacial score (nSPS) is 10.6. The Morgan fingerprint density at radius 1 is 1.10 bits per heavy atom. The lowest BCUT2D eigenvalue weighted by molar-refractivity contribution is -0.147. The largest absolute Gasteiger partial charge is 0.465 e. The summed E-state index contributed by atoms with van der Waals surface area (Å²) in [6.45, 7) is 1.84. The number of para-hydroxylation sites is 1. The van der Waals surface area contributed by atoms with Gasteiger partial charge in [-0.1, -0.05) is 42.1 Å². The monoisotopic (exact) mass is 428 g/mol. The first-order valence-electron chi connectivity index (χ1n) is 9.29. The van der Waals surface area contributed by atoms with E-state index in [9.17, 15) is 14.0 Å². The molecule has 1 heterocycles. The Morgan fingerprint density at radius 3 is 2.50 bits per heavy atom. The topological polar surface area (TPSA) is 77.3 Å². The number of amides is 1. The summed E-state index contributed by atoms with van der Waals surface area (Å²) in [4.78, 5) is 25.3. The van der Waals surface area contributed by atoms with Gasteiger partial charge in [-0.3, -0.25) is 14.2 Å². The molecule has 0 spiro atoms. The first-order valence-corrected chi connectivity index (χ1v) is 10.3. The minimum absolute atomic E-state index is 0.0398. The Hall–Kier alpha value is -3.20. The van der Waals surface area contributed by atoms with E-state index in [4.69, 9.17) is 4.74 Å². The van der Waals surface area contributed by atoms with Gasteiger partial charge >= 0.3 is 5.97 Å². The van der Waals surface area contributed by atoms with Crippen molar-refractivity contribution in [3.8, 4) is 17.1 Å². The average Bonchev–Trinajstić information content (AvgIpc) is 3.16. The number of benzene rings is 2. The van der Waals surface area contributed by atoms with Gasteiger partial charge in [0.1, 0.15) is 12.4 Å². The van der Waals surface area contributed by atoms with Crippen molar-refractivity contribution in [1.82, 2.24) is 19.7 Å². The van der Waals surface area contributed by atoms with Crippen molar-refractivity contribution < 1.29 is 18.7 Å². The number of rotatable bonds is 8. The summed E-state index contributed by atoms with van der Waals surface area (Å²) in [6.07, 6.45) is 0. The predicted octanol–water partition coefficient (Wildman–Crippen LogP) is 3.19. The number of aromatic nitrogens is 3. The number of likely N-dealkylation sites (N-methyl/N-ethyl adjacent to an activating group) is 1. The standard InChI is InChI=1S/C21H21FN4O3S/c1-3-29-19(28)13-25(2)18(27)14-30-21-24-23-20(16-11-7-8-12-17(16)22)26(21)15-9-5-4-6-10-15/h4-12H,3,13-14H2,1-2H3. The maximum absolute atomic E-state index is 14.4. The molecule has 1 aromatic heterocycles. The molecular weight excluding hydrogens is 407 g/mol. The van der Waals surface area contributed by atoms with Crippen LogP contribution in [0.25, 0.3) is 17.1 Å². The number of carbonyl (C=O) groups excluding carboxylic acids is 2. The second kappa shape index (κ2) is 10.0. The molecule has 1 amide bonds. The highest BCUT2D eigenvalue weighted by atomic mass is 32.2. The molecule has 0 fully saturated rings. The highest BCUT2D eigenvalue weighted by molar-refractivity contribution is 7.99. The van der Waals surface area contributed by atoms with Crippen molar-refractivity contribution in [1.29, 1.82) is 0 Å². The molecule has 156 valence electrons. The predicted molar refractivity (Wildman–Crippen MR) is 112 cm³/mol. The molecular formula is C21H21FN4O3S. The summed E-state index contributed by atoms with van der Waals surface area (Å²) in [6, 6.07) is 15.6. The number of hydrogen-bond donors (Lipinski definition) is 0. The molecule has 0 bridgehead atoms. The van der Waals surface area contributed by atoms with Crippen LogP contribution in [0.1, 0.15) is 6.92 Å². The Bertz CT molecular complexity index is 1030. The highest BCUT2D eigenvalue weighted by Crippen LogP contribution is 2.29. The number of halogens is 1. The van der Waals surface area contributed by atoms with Gasteiger partial charge in [0.15, 0.2) is 11.0 Å². The van der Waals surface area contributed by atoms with E-state index in [2.05, 4.69) is 10.2 Å². The van der Waals surface area contributed by atoms with Gasteiger partial charge in [0.25, 0.3) is 0 Å². The van der Waals surface area contributed by atoms with Crippen LogP contribution in [-0.2, 0) is 14.3 Å². The summed E-state index contributed by atoms with van der Waals surface area (Å²) >= 11 is 1.16.